The molecule has 0 saturated carbocycles. The van der Waals surface area contributed by atoms with Crippen LogP contribution >= 0.6 is 0 Å². The second kappa shape index (κ2) is 6.20. The number of rotatable bonds is 3. The topological polar surface area (TPSA) is 76.4 Å². The first-order valence-electron chi connectivity index (χ1n) is 7.97. The van der Waals surface area contributed by atoms with E-state index in [2.05, 4.69) is 10.4 Å². The van der Waals surface area contributed by atoms with Crippen molar-refractivity contribution in [2.75, 3.05) is 5.32 Å². The quantitative estimate of drug-likeness (QED) is 0.715. The summed E-state index contributed by atoms with van der Waals surface area (Å²) >= 11 is 0. The molecule has 1 aliphatic heterocycles. The van der Waals surface area contributed by atoms with Crippen LogP contribution in [-0.2, 0) is 11.3 Å². The van der Waals surface area contributed by atoms with Crippen molar-refractivity contribution in [3.05, 3.63) is 71.5 Å². The number of aromatic nitrogens is 2. The number of anilines is 1. The first kappa shape index (κ1) is 15.6. The third-order valence-corrected chi connectivity index (χ3v) is 4.32. The number of hydrogen-bond acceptors (Lipinski definition) is 4. The van der Waals surface area contributed by atoms with E-state index in [1.807, 2.05) is 43.3 Å². The second-order valence-corrected chi connectivity index (χ2v) is 5.92. The molecule has 25 heavy (non-hydrogen) atoms. The molecule has 0 spiro atoms. The van der Waals surface area contributed by atoms with Crippen LogP contribution in [-0.4, -0.2) is 27.8 Å². The van der Waals surface area contributed by atoms with Crippen LogP contribution in [0.3, 0.4) is 0 Å². The molecule has 1 amide bonds. The lowest BCUT2D eigenvalue weighted by Gasteiger charge is -2.08. The molecule has 1 aliphatic rings. The highest BCUT2D eigenvalue weighted by Gasteiger charge is 2.27. The fourth-order valence-corrected chi connectivity index (χ4v) is 2.95. The average Bonchev–Trinajstić information content (AvgIpc) is 3.19. The minimum absolute atomic E-state index is 0.243. The highest BCUT2D eigenvalue weighted by atomic mass is 16.5. The zero-order valence-corrected chi connectivity index (χ0v) is 13.6. The Bertz CT molecular complexity index is 940. The third-order valence-electron chi connectivity index (χ3n) is 4.32. The highest BCUT2D eigenvalue weighted by Crippen LogP contribution is 2.18. The van der Waals surface area contributed by atoms with Gasteiger partial charge in [0.1, 0.15) is 0 Å². The minimum atomic E-state index is -0.936. The molecule has 4 rings (SSSR count). The molecule has 2 N–H and O–H groups in total. The Labute approximate surface area is 145 Å². The van der Waals surface area contributed by atoms with Gasteiger partial charge in [-0.15, -0.1) is 0 Å². The Morgan fingerprint density at radius 3 is 2.88 bits per heavy atom. The molecule has 0 bridgehead atoms. The summed E-state index contributed by atoms with van der Waals surface area (Å²) in [5, 5.41) is 17.0. The molecule has 0 unspecified atom stereocenters. The summed E-state index contributed by atoms with van der Waals surface area (Å²) in [7, 11) is -0.936. The number of fused-ring (bicyclic) bond motifs is 1. The summed E-state index contributed by atoms with van der Waals surface area (Å²) in [6, 6.07) is 15.0. The van der Waals surface area contributed by atoms with Gasteiger partial charge in [0.2, 0.25) is 0 Å². The fraction of sp³-hybridized carbons (Fsp3) is 0.111. The van der Waals surface area contributed by atoms with Crippen LogP contribution in [0, 0.1) is 6.92 Å². The van der Waals surface area contributed by atoms with Gasteiger partial charge < -0.3 is 15.0 Å². The zero-order chi connectivity index (χ0) is 17.4. The SMILES string of the molecule is Cc1c(C(=O)Nc2ccc3c(c2)B(O)OC3)cnn1-c1ccccc1. The number of amides is 1. The predicted molar refractivity (Wildman–Crippen MR) is 95.1 cm³/mol. The van der Waals surface area contributed by atoms with Gasteiger partial charge in [-0.05, 0) is 42.2 Å². The van der Waals surface area contributed by atoms with Crippen molar-refractivity contribution in [1.29, 1.82) is 0 Å². The van der Waals surface area contributed by atoms with Crippen LogP contribution in [0.15, 0.2) is 54.7 Å². The van der Waals surface area contributed by atoms with Gasteiger partial charge in [-0.25, -0.2) is 4.68 Å². The van der Waals surface area contributed by atoms with Gasteiger partial charge in [0.15, 0.2) is 0 Å². The second-order valence-electron chi connectivity index (χ2n) is 5.92. The van der Waals surface area contributed by atoms with Crippen LogP contribution in [0.2, 0.25) is 0 Å². The number of carbonyl (C=O) groups excluding carboxylic acids is 1. The van der Waals surface area contributed by atoms with E-state index >= 15 is 0 Å². The lowest BCUT2D eigenvalue weighted by molar-refractivity contribution is 0.102. The molecule has 1 aromatic heterocycles. The van der Waals surface area contributed by atoms with E-state index in [1.165, 1.54) is 0 Å². The lowest BCUT2D eigenvalue weighted by Crippen LogP contribution is -2.28. The summed E-state index contributed by atoms with van der Waals surface area (Å²) in [4.78, 5) is 12.6. The molecule has 6 nitrogen and oxygen atoms in total. The first-order chi connectivity index (χ1) is 12.1. The number of benzene rings is 2. The molecule has 0 aliphatic carbocycles. The summed E-state index contributed by atoms with van der Waals surface area (Å²) < 4.78 is 6.90. The van der Waals surface area contributed by atoms with Gasteiger partial charge >= 0.3 is 7.12 Å². The van der Waals surface area contributed by atoms with Crippen molar-refractivity contribution in [3.63, 3.8) is 0 Å². The summed E-state index contributed by atoms with van der Waals surface area (Å²) in [6.45, 7) is 2.24. The van der Waals surface area contributed by atoms with Crippen molar-refractivity contribution < 1.29 is 14.5 Å². The molecular formula is C18H16BN3O3. The van der Waals surface area contributed by atoms with Crippen molar-refractivity contribution in [1.82, 2.24) is 9.78 Å². The maximum atomic E-state index is 12.6. The van der Waals surface area contributed by atoms with E-state index in [0.717, 1.165) is 16.9 Å². The predicted octanol–water partition coefficient (Wildman–Crippen LogP) is 1.65. The number of nitrogens with zero attached hydrogens (tertiary/aromatic N) is 2. The molecule has 0 saturated heterocycles. The molecule has 0 atom stereocenters. The van der Waals surface area contributed by atoms with E-state index in [9.17, 15) is 9.82 Å². The van der Waals surface area contributed by atoms with Crippen LogP contribution in [0.5, 0.6) is 0 Å². The molecule has 0 fully saturated rings. The van der Waals surface area contributed by atoms with Crippen LogP contribution < -0.4 is 10.8 Å². The summed E-state index contributed by atoms with van der Waals surface area (Å²) in [5.74, 6) is -0.243. The maximum Gasteiger partial charge on any atom is 0.491 e. The molecule has 124 valence electrons. The van der Waals surface area contributed by atoms with E-state index in [1.54, 1.807) is 23.0 Å². The standard InChI is InChI=1S/C18H16BN3O3/c1-12-16(10-20-22(12)15-5-3-2-4-6-15)18(23)21-14-8-7-13-11-25-19(24)17(13)9-14/h2-10,24H,11H2,1H3,(H,21,23). The van der Waals surface area contributed by atoms with Crippen molar-refractivity contribution in [3.8, 4) is 5.69 Å². The molecule has 7 heteroatoms. The van der Waals surface area contributed by atoms with E-state index in [0.29, 0.717) is 23.3 Å². The Kier molecular flexibility index (Phi) is 3.87. The van der Waals surface area contributed by atoms with Crippen molar-refractivity contribution >= 4 is 24.2 Å². The van der Waals surface area contributed by atoms with Gasteiger partial charge in [-0.3, -0.25) is 4.79 Å². The number of carbonyl (C=O) groups is 1. The number of nitrogens with one attached hydrogen (secondary N) is 1. The van der Waals surface area contributed by atoms with Gasteiger partial charge in [0.25, 0.3) is 5.91 Å². The zero-order valence-electron chi connectivity index (χ0n) is 13.6. The molecule has 2 heterocycles. The largest absolute Gasteiger partial charge is 0.491 e. The Morgan fingerprint density at radius 2 is 2.08 bits per heavy atom. The summed E-state index contributed by atoms with van der Waals surface area (Å²) in [5.41, 5.74) is 4.39. The van der Waals surface area contributed by atoms with E-state index < -0.39 is 7.12 Å². The van der Waals surface area contributed by atoms with E-state index in [-0.39, 0.29) is 5.91 Å². The normalized spacial score (nSPS) is 13.0. The fourth-order valence-electron chi connectivity index (χ4n) is 2.95. The van der Waals surface area contributed by atoms with Gasteiger partial charge in [-0.1, -0.05) is 24.3 Å². The molecule has 2 aromatic carbocycles. The van der Waals surface area contributed by atoms with Gasteiger partial charge in [-0.2, -0.15) is 5.10 Å². The van der Waals surface area contributed by atoms with Gasteiger partial charge in [0, 0.05) is 5.69 Å². The highest BCUT2D eigenvalue weighted by molar-refractivity contribution is 6.61. The molecular weight excluding hydrogens is 317 g/mol. The van der Waals surface area contributed by atoms with E-state index in [4.69, 9.17) is 4.65 Å². The molecule has 3 aromatic rings. The summed E-state index contributed by atoms with van der Waals surface area (Å²) in [6.07, 6.45) is 1.56. The van der Waals surface area contributed by atoms with Crippen LogP contribution in [0.4, 0.5) is 5.69 Å². The Hall–Kier alpha value is -2.90. The lowest BCUT2D eigenvalue weighted by atomic mass is 9.79. The number of hydrogen-bond donors (Lipinski definition) is 2. The average molecular weight is 333 g/mol. The maximum absolute atomic E-state index is 12.6. The number of para-hydroxylation sites is 1. The van der Waals surface area contributed by atoms with Gasteiger partial charge in [0.05, 0.1) is 29.7 Å². The Balaban J connectivity index is 1.58. The Morgan fingerprint density at radius 1 is 1.28 bits per heavy atom. The monoisotopic (exact) mass is 333 g/mol. The first-order valence-corrected chi connectivity index (χ1v) is 7.97. The molecule has 0 radical (unpaired) electrons. The van der Waals surface area contributed by atoms with Crippen LogP contribution in [0.25, 0.3) is 5.69 Å². The third kappa shape index (κ3) is 2.84. The van der Waals surface area contributed by atoms with Crippen LogP contribution in [0.1, 0.15) is 21.6 Å². The minimum Gasteiger partial charge on any atom is -0.423 e. The van der Waals surface area contributed by atoms with Crippen molar-refractivity contribution in [2.24, 2.45) is 0 Å². The smallest absolute Gasteiger partial charge is 0.423 e. The van der Waals surface area contributed by atoms with Crippen molar-refractivity contribution in [2.45, 2.75) is 13.5 Å².